The predicted molar refractivity (Wildman–Crippen MR) is 65.9 cm³/mol. The van der Waals surface area contributed by atoms with Crippen molar-refractivity contribution in [2.75, 3.05) is 6.61 Å². The third-order valence-electron chi connectivity index (χ3n) is 2.24. The number of pyridine rings is 1. The van der Waals surface area contributed by atoms with E-state index in [1.807, 2.05) is 13.0 Å². The number of ether oxygens (including phenoxy) is 1. The smallest absolute Gasteiger partial charge is 0.263 e. The number of terminal acetylenes is 1. The van der Waals surface area contributed by atoms with Crippen LogP contribution < -0.4 is 4.74 Å². The Bertz CT molecular complexity index is 557. The molecule has 18 heavy (non-hydrogen) atoms. The Balaban J connectivity index is 2.25. The molecule has 2 rings (SSSR count). The molecule has 2 aromatic rings. The summed E-state index contributed by atoms with van der Waals surface area (Å²) in [6.45, 7) is 2.42. The zero-order valence-electron chi connectivity index (χ0n) is 10.1. The van der Waals surface area contributed by atoms with Crippen molar-refractivity contribution < 1.29 is 9.26 Å². The van der Waals surface area contributed by atoms with E-state index in [9.17, 15) is 0 Å². The first-order chi connectivity index (χ1) is 8.85. The number of hydrogen-bond donors (Lipinski definition) is 0. The van der Waals surface area contributed by atoms with E-state index < -0.39 is 0 Å². The molecule has 0 amide bonds. The van der Waals surface area contributed by atoms with E-state index >= 15 is 0 Å². The van der Waals surface area contributed by atoms with Crippen molar-refractivity contribution in [2.45, 2.75) is 19.8 Å². The van der Waals surface area contributed by atoms with Crippen LogP contribution in [0.25, 0.3) is 11.5 Å². The van der Waals surface area contributed by atoms with Gasteiger partial charge in [0.25, 0.3) is 5.89 Å². The van der Waals surface area contributed by atoms with Gasteiger partial charge in [0, 0.05) is 19.0 Å². The zero-order valence-corrected chi connectivity index (χ0v) is 10.1. The van der Waals surface area contributed by atoms with Gasteiger partial charge in [-0.1, -0.05) is 5.16 Å². The van der Waals surface area contributed by atoms with Gasteiger partial charge in [-0.3, -0.25) is 0 Å². The zero-order chi connectivity index (χ0) is 12.8. The summed E-state index contributed by atoms with van der Waals surface area (Å²) in [7, 11) is 0. The van der Waals surface area contributed by atoms with Gasteiger partial charge in [-0.2, -0.15) is 4.98 Å². The third-order valence-corrected chi connectivity index (χ3v) is 2.24. The minimum absolute atomic E-state index is 0.401. The summed E-state index contributed by atoms with van der Waals surface area (Å²) in [6, 6.07) is 3.62. The van der Waals surface area contributed by atoms with E-state index in [0.717, 1.165) is 0 Å². The molecule has 92 valence electrons. The monoisotopic (exact) mass is 243 g/mol. The van der Waals surface area contributed by atoms with E-state index in [2.05, 4.69) is 21.0 Å². The van der Waals surface area contributed by atoms with Crippen LogP contribution in [0.1, 0.15) is 19.2 Å². The molecule has 0 saturated heterocycles. The maximum Gasteiger partial charge on any atom is 0.263 e. The van der Waals surface area contributed by atoms with Gasteiger partial charge >= 0.3 is 0 Å². The summed E-state index contributed by atoms with van der Waals surface area (Å²) >= 11 is 0. The molecule has 0 saturated carbocycles. The second-order valence-corrected chi connectivity index (χ2v) is 3.51. The topological polar surface area (TPSA) is 61.0 Å². The molecule has 0 bridgehead atoms. The van der Waals surface area contributed by atoms with Gasteiger partial charge in [-0.05, 0) is 19.1 Å². The standard InChI is InChI=1S/C13H13N3O2/c1-3-5-8-11-15-13(18-16-11)10-7-6-9-14-12(10)17-4-2/h1,6-7,9H,4-5,8H2,2H3. The number of nitrogens with zero attached hydrogens (tertiary/aromatic N) is 3. The van der Waals surface area contributed by atoms with Crippen LogP contribution in [-0.4, -0.2) is 21.7 Å². The maximum absolute atomic E-state index is 5.41. The highest BCUT2D eigenvalue weighted by atomic mass is 16.5. The first-order valence-electron chi connectivity index (χ1n) is 5.69. The molecule has 0 aliphatic carbocycles. The van der Waals surface area contributed by atoms with E-state index in [4.69, 9.17) is 15.7 Å². The van der Waals surface area contributed by atoms with Crippen molar-refractivity contribution in [2.24, 2.45) is 0 Å². The summed E-state index contributed by atoms with van der Waals surface area (Å²) in [6.07, 6.45) is 8.04. The highest BCUT2D eigenvalue weighted by Gasteiger charge is 2.14. The molecule has 2 heterocycles. The molecule has 0 N–H and O–H groups in total. The van der Waals surface area contributed by atoms with Crippen molar-refractivity contribution in [1.29, 1.82) is 0 Å². The summed E-state index contributed by atoms with van der Waals surface area (Å²) in [4.78, 5) is 8.40. The lowest BCUT2D eigenvalue weighted by Crippen LogP contribution is -1.96. The largest absolute Gasteiger partial charge is 0.477 e. The van der Waals surface area contributed by atoms with Crippen LogP contribution in [0.15, 0.2) is 22.9 Å². The van der Waals surface area contributed by atoms with Crippen molar-refractivity contribution in [1.82, 2.24) is 15.1 Å². The fourth-order valence-electron chi connectivity index (χ4n) is 1.45. The van der Waals surface area contributed by atoms with Gasteiger partial charge in [0.2, 0.25) is 5.88 Å². The average Bonchev–Trinajstić information content (AvgIpc) is 2.86. The van der Waals surface area contributed by atoms with E-state index in [0.29, 0.717) is 42.6 Å². The average molecular weight is 243 g/mol. The molecule has 0 fully saturated rings. The minimum atomic E-state index is 0.401. The minimum Gasteiger partial charge on any atom is -0.477 e. The number of aryl methyl sites for hydroxylation is 1. The summed E-state index contributed by atoms with van der Waals surface area (Å²) < 4.78 is 10.6. The molecule has 0 atom stereocenters. The maximum atomic E-state index is 5.41. The Hall–Kier alpha value is -2.35. The fourth-order valence-corrected chi connectivity index (χ4v) is 1.45. The number of aromatic nitrogens is 3. The van der Waals surface area contributed by atoms with Gasteiger partial charge < -0.3 is 9.26 Å². The Morgan fingerprint density at radius 2 is 2.39 bits per heavy atom. The van der Waals surface area contributed by atoms with Crippen LogP contribution >= 0.6 is 0 Å². The Labute approximate surface area is 105 Å². The normalized spacial score (nSPS) is 10.0. The van der Waals surface area contributed by atoms with Crippen LogP contribution in [-0.2, 0) is 6.42 Å². The molecule has 0 unspecified atom stereocenters. The first kappa shape index (κ1) is 12.1. The highest BCUT2D eigenvalue weighted by molar-refractivity contribution is 5.59. The molecule has 2 aromatic heterocycles. The molecule has 5 heteroatoms. The van der Waals surface area contributed by atoms with Crippen molar-refractivity contribution >= 4 is 0 Å². The fraction of sp³-hybridized carbons (Fsp3) is 0.308. The van der Waals surface area contributed by atoms with Crippen LogP contribution in [0.4, 0.5) is 0 Å². The van der Waals surface area contributed by atoms with Gasteiger partial charge in [0.05, 0.1) is 6.61 Å². The lowest BCUT2D eigenvalue weighted by molar-refractivity contribution is 0.326. The molecular formula is C13H13N3O2. The molecule has 0 aliphatic heterocycles. The lowest BCUT2D eigenvalue weighted by Gasteiger charge is -2.04. The summed E-state index contributed by atoms with van der Waals surface area (Å²) in [5, 5.41) is 3.87. The van der Waals surface area contributed by atoms with Crippen LogP contribution in [0.5, 0.6) is 5.88 Å². The van der Waals surface area contributed by atoms with E-state index in [1.165, 1.54) is 0 Å². The second-order valence-electron chi connectivity index (χ2n) is 3.51. The highest BCUT2D eigenvalue weighted by Crippen LogP contribution is 2.26. The van der Waals surface area contributed by atoms with Crippen LogP contribution in [0.2, 0.25) is 0 Å². The summed E-state index contributed by atoms with van der Waals surface area (Å²) in [5.74, 6) is 4.02. The van der Waals surface area contributed by atoms with Crippen molar-refractivity contribution in [3.8, 4) is 29.7 Å². The molecular weight excluding hydrogens is 230 g/mol. The van der Waals surface area contributed by atoms with Crippen LogP contribution in [0.3, 0.4) is 0 Å². The van der Waals surface area contributed by atoms with E-state index in [-0.39, 0.29) is 0 Å². The van der Waals surface area contributed by atoms with Gasteiger partial charge in [-0.25, -0.2) is 4.98 Å². The molecule has 0 spiro atoms. The Kier molecular flexibility index (Phi) is 3.92. The first-order valence-corrected chi connectivity index (χ1v) is 5.69. The van der Waals surface area contributed by atoms with E-state index in [1.54, 1.807) is 12.3 Å². The SMILES string of the molecule is C#CCCc1noc(-c2cccnc2OCC)n1. The molecule has 0 radical (unpaired) electrons. The third kappa shape index (κ3) is 2.66. The molecule has 5 nitrogen and oxygen atoms in total. The predicted octanol–water partition coefficient (Wildman–Crippen LogP) is 2.10. The Morgan fingerprint density at radius 1 is 1.50 bits per heavy atom. The molecule has 0 aliphatic rings. The van der Waals surface area contributed by atoms with Gasteiger partial charge in [-0.15, -0.1) is 12.3 Å². The van der Waals surface area contributed by atoms with Crippen molar-refractivity contribution in [3.05, 3.63) is 24.2 Å². The Morgan fingerprint density at radius 3 is 3.17 bits per heavy atom. The lowest BCUT2D eigenvalue weighted by atomic mass is 10.2. The molecule has 0 aromatic carbocycles. The van der Waals surface area contributed by atoms with Crippen LogP contribution in [0, 0.1) is 12.3 Å². The summed E-state index contributed by atoms with van der Waals surface area (Å²) in [5.41, 5.74) is 0.693. The number of hydrogen-bond acceptors (Lipinski definition) is 5. The van der Waals surface area contributed by atoms with Gasteiger partial charge in [0.1, 0.15) is 5.56 Å². The number of rotatable bonds is 5. The van der Waals surface area contributed by atoms with Gasteiger partial charge in [0.15, 0.2) is 5.82 Å². The van der Waals surface area contributed by atoms with Crippen molar-refractivity contribution in [3.63, 3.8) is 0 Å². The quantitative estimate of drug-likeness (QED) is 0.752. The second kappa shape index (κ2) is 5.82.